The van der Waals surface area contributed by atoms with Gasteiger partial charge in [0.25, 0.3) is 11.7 Å². The number of rotatable bonds is 6. The van der Waals surface area contributed by atoms with E-state index < -0.39 is 11.7 Å². The quantitative estimate of drug-likeness (QED) is 0.560. The van der Waals surface area contributed by atoms with Crippen LogP contribution in [0.1, 0.15) is 38.5 Å². The molecule has 7 heteroatoms. The van der Waals surface area contributed by atoms with Crippen molar-refractivity contribution in [1.82, 2.24) is 0 Å². The summed E-state index contributed by atoms with van der Waals surface area (Å²) in [5.74, 6) is -1.19. The molecule has 4 aliphatic carbocycles. The van der Waals surface area contributed by atoms with Crippen molar-refractivity contribution in [2.24, 2.45) is 23.2 Å². The standard InChI is InChI=1S/C20H23F2NO3S/c21-19(22)27-16-3-1-15(2-4-16)23-17(24)11-26-18(25)20-8-12-5-13(9-20)7-14(6-12)10-20/h1-4,12-14,19H,5-11H2,(H,23,24). The van der Waals surface area contributed by atoms with Crippen LogP contribution in [0, 0.1) is 23.2 Å². The van der Waals surface area contributed by atoms with Crippen LogP contribution in [0.2, 0.25) is 0 Å². The van der Waals surface area contributed by atoms with Crippen LogP contribution in [-0.4, -0.2) is 24.2 Å². The first-order valence-corrected chi connectivity index (χ1v) is 10.3. The predicted octanol–water partition coefficient (Wildman–Crippen LogP) is 4.70. The Morgan fingerprint density at radius 2 is 1.63 bits per heavy atom. The Kier molecular flexibility index (Phi) is 5.14. The number of alkyl halides is 2. The van der Waals surface area contributed by atoms with Crippen molar-refractivity contribution in [2.75, 3.05) is 11.9 Å². The number of nitrogens with one attached hydrogen (secondary N) is 1. The zero-order valence-corrected chi connectivity index (χ0v) is 15.8. The molecule has 0 aliphatic heterocycles. The number of carbonyl (C=O) groups is 2. The third-order valence-electron chi connectivity index (χ3n) is 6.17. The Morgan fingerprint density at radius 1 is 1.07 bits per heavy atom. The average Bonchev–Trinajstić information content (AvgIpc) is 2.60. The molecule has 5 rings (SSSR count). The van der Waals surface area contributed by atoms with E-state index in [1.807, 2.05) is 0 Å². The molecule has 0 spiro atoms. The molecule has 146 valence electrons. The third kappa shape index (κ3) is 4.13. The fourth-order valence-corrected chi connectivity index (χ4v) is 6.06. The lowest BCUT2D eigenvalue weighted by Crippen LogP contribution is -2.50. The van der Waals surface area contributed by atoms with Gasteiger partial charge in [-0.05, 0) is 80.5 Å². The normalized spacial score (nSPS) is 31.1. The van der Waals surface area contributed by atoms with Crippen molar-refractivity contribution in [2.45, 2.75) is 49.2 Å². The highest BCUT2D eigenvalue weighted by Crippen LogP contribution is 2.60. The summed E-state index contributed by atoms with van der Waals surface area (Å²) in [6.45, 7) is -0.311. The van der Waals surface area contributed by atoms with Crippen LogP contribution in [-0.2, 0) is 14.3 Å². The van der Waals surface area contributed by atoms with Gasteiger partial charge in [0, 0.05) is 10.6 Å². The molecule has 4 bridgehead atoms. The van der Waals surface area contributed by atoms with Gasteiger partial charge in [0.05, 0.1) is 5.41 Å². The smallest absolute Gasteiger partial charge is 0.312 e. The Labute approximate surface area is 161 Å². The van der Waals surface area contributed by atoms with E-state index >= 15 is 0 Å². The summed E-state index contributed by atoms with van der Waals surface area (Å²) in [5, 5.41) is 2.64. The van der Waals surface area contributed by atoms with Gasteiger partial charge in [-0.25, -0.2) is 0 Å². The molecule has 4 fully saturated rings. The third-order valence-corrected chi connectivity index (χ3v) is 6.89. The Balaban J connectivity index is 1.28. The summed E-state index contributed by atoms with van der Waals surface area (Å²) in [6.07, 6.45) is 6.45. The van der Waals surface area contributed by atoms with Gasteiger partial charge in [-0.2, -0.15) is 8.78 Å². The summed E-state index contributed by atoms with van der Waals surface area (Å²) in [7, 11) is 0. The van der Waals surface area contributed by atoms with Crippen LogP contribution in [0.25, 0.3) is 0 Å². The highest BCUT2D eigenvalue weighted by molar-refractivity contribution is 7.99. The molecule has 4 saturated carbocycles. The van der Waals surface area contributed by atoms with E-state index in [0.717, 1.165) is 19.3 Å². The summed E-state index contributed by atoms with van der Waals surface area (Å²) in [4.78, 5) is 25.2. The molecular formula is C20H23F2NO3S. The second-order valence-electron chi connectivity index (χ2n) is 8.23. The molecule has 0 heterocycles. The zero-order chi connectivity index (χ0) is 19.0. The highest BCUT2D eigenvalue weighted by Gasteiger charge is 2.55. The van der Waals surface area contributed by atoms with Crippen LogP contribution >= 0.6 is 11.8 Å². The van der Waals surface area contributed by atoms with Gasteiger partial charge >= 0.3 is 5.97 Å². The lowest BCUT2D eigenvalue weighted by molar-refractivity contribution is -0.172. The maximum absolute atomic E-state index is 12.7. The van der Waals surface area contributed by atoms with Gasteiger partial charge in [-0.3, -0.25) is 9.59 Å². The number of hydrogen-bond donors (Lipinski definition) is 1. The van der Waals surface area contributed by atoms with Crippen molar-refractivity contribution in [3.8, 4) is 0 Å². The fourth-order valence-electron chi connectivity index (χ4n) is 5.56. The summed E-state index contributed by atoms with van der Waals surface area (Å²) in [6, 6.07) is 6.16. The molecule has 0 unspecified atom stereocenters. The second-order valence-corrected chi connectivity index (χ2v) is 9.29. The molecule has 4 nitrogen and oxygen atoms in total. The largest absolute Gasteiger partial charge is 0.455 e. The molecule has 1 N–H and O–H groups in total. The summed E-state index contributed by atoms with van der Waals surface area (Å²) in [5.41, 5.74) is 0.118. The molecular weight excluding hydrogens is 372 g/mol. The first-order valence-electron chi connectivity index (χ1n) is 9.44. The van der Waals surface area contributed by atoms with E-state index in [1.54, 1.807) is 12.1 Å². The number of amides is 1. The number of hydrogen-bond acceptors (Lipinski definition) is 4. The van der Waals surface area contributed by atoms with E-state index in [4.69, 9.17) is 4.74 Å². The highest BCUT2D eigenvalue weighted by atomic mass is 32.2. The number of halogens is 2. The molecule has 4 aliphatic rings. The van der Waals surface area contributed by atoms with E-state index in [9.17, 15) is 18.4 Å². The van der Waals surface area contributed by atoms with Gasteiger partial charge in [0.1, 0.15) is 0 Å². The molecule has 1 aromatic carbocycles. The predicted molar refractivity (Wildman–Crippen MR) is 98.5 cm³/mol. The van der Waals surface area contributed by atoms with Gasteiger partial charge in [-0.1, -0.05) is 11.8 Å². The topological polar surface area (TPSA) is 55.4 Å². The Hall–Kier alpha value is -1.63. The van der Waals surface area contributed by atoms with E-state index in [-0.39, 0.29) is 18.0 Å². The van der Waals surface area contributed by atoms with Crippen LogP contribution in [0.15, 0.2) is 29.2 Å². The second kappa shape index (κ2) is 7.41. The Bertz CT molecular complexity index is 687. The minimum absolute atomic E-state index is 0.222. The first kappa shape index (κ1) is 18.7. The average molecular weight is 395 g/mol. The molecule has 0 saturated heterocycles. The summed E-state index contributed by atoms with van der Waals surface area (Å²) >= 11 is 0.452. The maximum Gasteiger partial charge on any atom is 0.312 e. The molecule has 1 aromatic rings. The molecule has 0 aromatic heterocycles. The molecule has 0 atom stereocenters. The van der Waals surface area contributed by atoms with Crippen molar-refractivity contribution >= 4 is 29.3 Å². The first-order chi connectivity index (χ1) is 12.9. The van der Waals surface area contributed by atoms with Crippen LogP contribution in [0.4, 0.5) is 14.5 Å². The van der Waals surface area contributed by atoms with Crippen LogP contribution in [0.5, 0.6) is 0 Å². The molecule has 1 amide bonds. The lowest BCUT2D eigenvalue weighted by Gasteiger charge is -2.55. The van der Waals surface area contributed by atoms with Crippen molar-refractivity contribution in [1.29, 1.82) is 0 Å². The minimum Gasteiger partial charge on any atom is -0.455 e. The molecule has 27 heavy (non-hydrogen) atoms. The van der Waals surface area contributed by atoms with Gasteiger partial charge in [0.2, 0.25) is 0 Å². The van der Waals surface area contributed by atoms with Gasteiger partial charge in [-0.15, -0.1) is 0 Å². The lowest BCUT2D eigenvalue weighted by atomic mass is 9.49. The monoisotopic (exact) mass is 395 g/mol. The van der Waals surface area contributed by atoms with Gasteiger partial charge < -0.3 is 10.1 Å². The van der Waals surface area contributed by atoms with Crippen molar-refractivity contribution in [3.05, 3.63) is 24.3 Å². The number of benzene rings is 1. The fraction of sp³-hybridized carbons (Fsp3) is 0.600. The number of ether oxygens (including phenoxy) is 1. The number of thioether (sulfide) groups is 1. The minimum atomic E-state index is -2.48. The number of anilines is 1. The van der Waals surface area contributed by atoms with Crippen molar-refractivity contribution in [3.63, 3.8) is 0 Å². The van der Waals surface area contributed by atoms with Crippen molar-refractivity contribution < 1.29 is 23.1 Å². The maximum atomic E-state index is 12.7. The SMILES string of the molecule is O=C(COC(=O)C12CC3CC(CC(C3)C1)C2)Nc1ccc(SC(F)F)cc1. The van der Waals surface area contributed by atoms with Crippen LogP contribution < -0.4 is 5.32 Å². The number of esters is 1. The Morgan fingerprint density at radius 3 is 2.15 bits per heavy atom. The number of carbonyl (C=O) groups excluding carboxylic acids is 2. The van der Waals surface area contributed by atoms with Gasteiger partial charge in [0.15, 0.2) is 6.61 Å². The zero-order valence-electron chi connectivity index (χ0n) is 15.0. The summed E-state index contributed by atoms with van der Waals surface area (Å²) < 4.78 is 30.0. The molecule has 0 radical (unpaired) electrons. The van der Waals surface area contributed by atoms with E-state index in [1.165, 1.54) is 31.4 Å². The van der Waals surface area contributed by atoms with E-state index in [0.29, 0.717) is 40.1 Å². The van der Waals surface area contributed by atoms with Crippen LogP contribution in [0.3, 0.4) is 0 Å². The van der Waals surface area contributed by atoms with E-state index in [2.05, 4.69) is 5.32 Å².